The van der Waals surface area contributed by atoms with Gasteiger partial charge in [-0.3, -0.25) is 0 Å². The van der Waals surface area contributed by atoms with Gasteiger partial charge in [-0.15, -0.1) is 0 Å². The number of methoxy groups -OCH3 is 1. The number of nitrogens with one attached hydrogen (secondary N) is 1. The van der Waals surface area contributed by atoms with Crippen molar-refractivity contribution in [2.75, 3.05) is 20.2 Å². The minimum absolute atomic E-state index is 0.409. The number of ether oxygens (including phenoxy) is 1. The lowest BCUT2D eigenvalue weighted by Crippen LogP contribution is -2.35. The van der Waals surface area contributed by atoms with Crippen LogP contribution in [0.3, 0.4) is 0 Å². The molecule has 0 heterocycles. The summed E-state index contributed by atoms with van der Waals surface area (Å²) in [6.45, 7) is 6.63. The van der Waals surface area contributed by atoms with Gasteiger partial charge < -0.3 is 10.1 Å². The van der Waals surface area contributed by atoms with E-state index >= 15 is 0 Å². The van der Waals surface area contributed by atoms with Crippen molar-refractivity contribution in [3.63, 3.8) is 0 Å². The Balaban J connectivity index is 2.43. The topological polar surface area (TPSA) is 21.3 Å². The van der Waals surface area contributed by atoms with Gasteiger partial charge in [0.2, 0.25) is 0 Å². The molecule has 1 aliphatic carbocycles. The van der Waals surface area contributed by atoms with Crippen molar-refractivity contribution in [2.45, 2.75) is 52.1 Å². The monoisotopic (exact) mass is 199 g/mol. The Morgan fingerprint density at radius 2 is 2.00 bits per heavy atom. The molecule has 2 nitrogen and oxygen atoms in total. The van der Waals surface area contributed by atoms with E-state index in [0.29, 0.717) is 11.5 Å². The van der Waals surface area contributed by atoms with Crippen molar-refractivity contribution in [3.05, 3.63) is 0 Å². The molecule has 1 N–H and O–H groups in total. The van der Waals surface area contributed by atoms with Gasteiger partial charge in [-0.1, -0.05) is 19.8 Å². The second kappa shape index (κ2) is 5.72. The SMILES string of the molecule is CCNCC1(CC(C)OC)CCCC1. The Morgan fingerprint density at radius 3 is 2.50 bits per heavy atom. The van der Waals surface area contributed by atoms with Crippen LogP contribution in [-0.4, -0.2) is 26.3 Å². The van der Waals surface area contributed by atoms with Gasteiger partial charge in [-0.2, -0.15) is 0 Å². The van der Waals surface area contributed by atoms with Crippen molar-refractivity contribution in [1.29, 1.82) is 0 Å². The molecule has 0 bridgehead atoms. The van der Waals surface area contributed by atoms with E-state index in [1.807, 2.05) is 7.11 Å². The second-order valence-corrected chi connectivity index (χ2v) is 4.74. The Morgan fingerprint density at radius 1 is 1.36 bits per heavy atom. The Hall–Kier alpha value is -0.0800. The average molecular weight is 199 g/mol. The largest absolute Gasteiger partial charge is 0.382 e. The van der Waals surface area contributed by atoms with Crippen molar-refractivity contribution >= 4 is 0 Å². The summed E-state index contributed by atoms with van der Waals surface area (Å²) < 4.78 is 5.39. The molecule has 0 radical (unpaired) electrons. The fraction of sp³-hybridized carbons (Fsp3) is 1.00. The lowest BCUT2D eigenvalue weighted by Gasteiger charge is -2.31. The van der Waals surface area contributed by atoms with Gasteiger partial charge in [0, 0.05) is 13.7 Å². The van der Waals surface area contributed by atoms with Crippen LogP contribution in [0.1, 0.15) is 46.0 Å². The molecule has 1 saturated carbocycles. The second-order valence-electron chi connectivity index (χ2n) is 4.74. The van der Waals surface area contributed by atoms with E-state index in [4.69, 9.17) is 4.74 Å². The van der Waals surface area contributed by atoms with Crippen LogP contribution in [0.5, 0.6) is 0 Å². The van der Waals surface area contributed by atoms with Gasteiger partial charge in [0.25, 0.3) is 0 Å². The third-order valence-electron chi connectivity index (χ3n) is 3.54. The predicted octanol–water partition coefficient (Wildman–Crippen LogP) is 2.58. The molecule has 1 fully saturated rings. The van der Waals surface area contributed by atoms with Gasteiger partial charge in [0.15, 0.2) is 0 Å². The summed E-state index contributed by atoms with van der Waals surface area (Å²) in [5.74, 6) is 0. The molecule has 0 aromatic heterocycles. The summed E-state index contributed by atoms with van der Waals surface area (Å²) in [4.78, 5) is 0. The van der Waals surface area contributed by atoms with E-state index in [1.54, 1.807) is 0 Å². The highest BCUT2D eigenvalue weighted by molar-refractivity contribution is 4.88. The van der Waals surface area contributed by atoms with Gasteiger partial charge in [0.05, 0.1) is 6.10 Å². The van der Waals surface area contributed by atoms with Crippen LogP contribution in [-0.2, 0) is 4.74 Å². The maximum atomic E-state index is 5.39. The van der Waals surface area contributed by atoms with Crippen LogP contribution in [0.2, 0.25) is 0 Å². The predicted molar refractivity (Wildman–Crippen MR) is 60.5 cm³/mol. The van der Waals surface area contributed by atoms with Crippen molar-refractivity contribution in [2.24, 2.45) is 5.41 Å². The van der Waals surface area contributed by atoms with Gasteiger partial charge >= 0.3 is 0 Å². The lowest BCUT2D eigenvalue weighted by atomic mass is 9.80. The lowest BCUT2D eigenvalue weighted by molar-refractivity contribution is 0.0652. The van der Waals surface area contributed by atoms with Crippen LogP contribution in [0, 0.1) is 5.41 Å². The van der Waals surface area contributed by atoms with E-state index in [9.17, 15) is 0 Å². The van der Waals surface area contributed by atoms with E-state index in [2.05, 4.69) is 19.2 Å². The minimum Gasteiger partial charge on any atom is -0.382 e. The van der Waals surface area contributed by atoms with Crippen LogP contribution in [0.15, 0.2) is 0 Å². The van der Waals surface area contributed by atoms with E-state index in [0.717, 1.165) is 6.54 Å². The van der Waals surface area contributed by atoms with E-state index in [1.165, 1.54) is 38.6 Å². The Kier molecular flexibility index (Phi) is 4.90. The summed E-state index contributed by atoms with van der Waals surface area (Å²) in [7, 11) is 1.82. The van der Waals surface area contributed by atoms with Crippen LogP contribution in [0.25, 0.3) is 0 Å². The van der Waals surface area contributed by atoms with Gasteiger partial charge in [-0.25, -0.2) is 0 Å². The zero-order valence-corrected chi connectivity index (χ0v) is 9.94. The highest BCUT2D eigenvalue weighted by Gasteiger charge is 2.34. The zero-order chi connectivity index (χ0) is 10.4. The molecule has 1 unspecified atom stereocenters. The molecule has 0 aliphatic heterocycles. The molecule has 84 valence electrons. The number of hydrogen-bond acceptors (Lipinski definition) is 2. The average Bonchev–Trinajstić information content (AvgIpc) is 2.64. The summed E-state index contributed by atoms with van der Waals surface area (Å²) in [6.07, 6.45) is 7.20. The molecule has 1 rings (SSSR count). The van der Waals surface area contributed by atoms with Crippen LogP contribution >= 0.6 is 0 Å². The highest BCUT2D eigenvalue weighted by Crippen LogP contribution is 2.41. The highest BCUT2D eigenvalue weighted by atomic mass is 16.5. The summed E-state index contributed by atoms with van der Waals surface area (Å²) >= 11 is 0. The molecule has 0 amide bonds. The van der Waals surface area contributed by atoms with Crippen LogP contribution in [0.4, 0.5) is 0 Å². The maximum absolute atomic E-state index is 5.39. The van der Waals surface area contributed by atoms with E-state index in [-0.39, 0.29) is 0 Å². The molecule has 2 heteroatoms. The van der Waals surface area contributed by atoms with Crippen molar-refractivity contribution < 1.29 is 4.74 Å². The molecule has 0 spiro atoms. The molecular weight excluding hydrogens is 174 g/mol. The summed E-state index contributed by atoms with van der Waals surface area (Å²) in [5, 5.41) is 3.50. The maximum Gasteiger partial charge on any atom is 0.0549 e. The van der Waals surface area contributed by atoms with Gasteiger partial charge in [-0.05, 0) is 38.1 Å². The first-order chi connectivity index (χ1) is 6.72. The zero-order valence-electron chi connectivity index (χ0n) is 9.94. The van der Waals surface area contributed by atoms with Crippen molar-refractivity contribution in [3.8, 4) is 0 Å². The molecule has 14 heavy (non-hydrogen) atoms. The molecule has 1 atom stereocenters. The Labute approximate surface area is 88.4 Å². The summed E-state index contributed by atoms with van der Waals surface area (Å²) in [5.41, 5.74) is 0.533. The molecule has 0 saturated heterocycles. The standard InChI is InChI=1S/C12H25NO/c1-4-13-10-12(7-5-6-8-12)9-11(2)14-3/h11,13H,4-10H2,1-3H3. The van der Waals surface area contributed by atoms with Crippen molar-refractivity contribution in [1.82, 2.24) is 5.32 Å². The number of hydrogen-bond donors (Lipinski definition) is 1. The van der Waals surface area contributed by atoms with Gasteiger partial charge in [0.1, 0.15) is 0 Å². The first-order valence-electron chi connectivity index (χ1n) is 5.96. The van der Waals surface area contributed by atoms with E-state index < -0.39 is 0 Å². The normalized spacial score (nSPS) is 22.5. The first-order valence-corrected chi connectivity index (χ1v) is 5.96. The number of rotatable bonds is 6. The fourth-order valence-corrected chi connectivity index (χ4v) is 2.66. The third kappa shape index (κ3) is 3.25. The quantitative estimate of drug-likeness (QED) is 0.710. The molecule has 0 aromatic carbocycles. The fourth-order valence-electron chi connectivity index (χ4n) is 2.66. The summed E-state index contributed by atoms with van der Waals surface area (Å²) in [6, 6.07) is 0. The van der Waals surface area contributed by atoms with Crippen LogP contribution < -0.4 is 5.32 Å². The molecule has 1 aliphatic rings. The molecule has 0 aromatic rings. The smallest absolute Gasteiger partial charge is 0.0549 e. The Bertz CT molecular complexity index is 152. The first kappa shape index (κ1) is 12.0. The molecular formula is C12H25NO. The third-order valence-corrected chi connectivity index (χ3v) is 3.54. The minimum atomic E-state index is 0.409.